The van der Waals surface area contributed by atoms with Crippen molar-refractivity contribution >= 4 is 10.9 Å². The van der Waals surface area contributed by atoms with Crippen molar-refractivity contribution in [3.8, 4) is 11.5 Å². The average molecular weight is 364 g/mol. The van der Waals surface area contributed by atoms with E-state index < -0.39 is 0 Å². The van der Waals surface area contributed by atoms with Crippen LogP contribution in [0, 0.1) is 0 Å². The summed E-state index contributed by atoms with van der Waals surface area (Å²) in [6, 6.07) is 13.5. The highest BCUT2D eigenvalue weighted by molar-refractivity contribution is 5.81. The molecule has 1 fully saturated rings. The largest absolute Gasteiger partial charge is 0.493 e. The van der Waals surface area contributed by atoms with Gasteiger partial charge in [0.05, 0.1) is 18.0 Å². The second-order valence-corrected chi connectivity index (χ2v) is 7.08. The van der Waals surface area contributed by atoms with Gasteiger partial charge in [-0.05, 0) is 24.5 Å². The second-order valence-electron chi connectivity index (χ2n) is 7.08. The Morgan fingerprint density at radius 1 is 1.07 bits per heavy atom. The van der Waals surface area contributed by atoms with E-state index in [2.05, 4.69) is 4.98 Å². The monoisotopic (exact) mass is 364 g/mol. The van der Waals surface area contributed by atoms with Crippen LogP contribution < -0.4 is 15.0 Å². The van der Waals surface area contributed by atoms with Gasteiger partial charge < -0.3 is 14.5 Å². The lowest BCUT2D eigenvalue weighted by molar-refractivity contribution is 0.285. The summed E-state index contributed by atoms with van der Waals surface area (Å²) in [5, 5.41) is 0.526. The predicted molar refractivity (Wildman–Crippen MR) is 106 cm³/mol. The Bertz CT molecular complexity index is 976. The van der Waals surface area contributed by atoms with E-state index in [-0.39, 0.29) is 5.56 Å². The van der Waals surface area contributed by atoms with Gasteiger partial charge in [0.25, 0.3) is 5.56 Å². The van der Waals surface area contributed by atoms with E-state index in [1.54, 1.807) is 13.2 Å². The standard InChI is InChI=1S/C22H24N2O3/c1-26-19-12-17-18(13-20(19)27-14-15-8-4-2-5-9-15)23-21(24-22(17)25)16-10-6-3-7-11-16/h2,4-5,8-9,12-13,16H,3,6-7,10-11,14H2,1H3,(H,23,24,25). The molecule has 5 nitrogen and oxygen atoms in total. The molecule has 3 aromatic rings. The first-order chi connectivity index (χ1) is 13.2. The fourth-order valence-corrected chi connectivity index (χ4v) is 3.74. The molecule has 0 atom stereocenters. The Balaban J connectivity index is 1.69. The molecule has 0 spiro atoms. The quantitative estimate of drug-likeness (QED) is 0.721. The fraction of sp³-hybridized carbons (Fsp3) is 0.364. The van der Waals surface area contributed by atoms with Crippen LogP contribution in [0.25, 0.3) is 10.9 Å². The van der Waals surface area contributed by atoms with Crippen molar-refractivity contribution in [3.05, 3.63) is 64.2 Å². The van der Waals surface area contributed by atoms with Gasteiger partial charge in [-0.25, -0.2) is 4.98 Å². The Kier molecular flexibility index (Phi) is 5.10. The summed E-state index contributed by atoms with van der Waals surface area (Å²) in [6.45, 7) is 0.432. The number of nitrogens with zero attached hydrogens (tertiary/aromatic N) is 1. The van der Waals surface area contributed by atoms with Crippen molar-refractivity contribution in [3.63, 3.8) is 0 Å². The highest BCUT2D eigenvalue weighted by Gasteiger charge is 2.19. The van der Waals surface area contributed by atoms with E-state index in [0.717, 1.165) is 24.2 Å². The van der Waals surface area contributed by atoms with Gasteiger partial charge in [-0.1, -0.05) is 49.6 Å². The van der Waals surface area contributed by atoms with Crippen molar-refractivity contribution in [1.82, 2.24) is 9.97 Å². The molecule has 1 aliphatic rings. The van der Waals surface area contributed by atoms with E-state index in [4.69, 9.17) is 14.5 Å². The van der Waals surface area contributed by atoms with Crippen LogP contribution in [-0.2, 0) is 6.61 Å². The van der Waals surface area contributed by atoms with Crippen LogP contribution in [0.5, 0.6) is 11.5 Å². The third-order valence-electron chi connectivity index (χ3n) is 5.24. The van der Waals surface area contributed by atoms with E-state index in [1.165, 1.54) is 19.3 Å². The smallest absolute Gasteiger partial charge is 0.258 e. The molecule has 0 radical (unpaired) electrons. The summed E-state index contributed by atoms with van der Waals surface area (Å²) < 4.78 is 11.4. The van der Waals surface area contributed by atoms with Crippen LogP contribution in [0.2, 0.25) is 0 Å². The molecule has 0 aliphatic heterocycles. The molecule has 140 valence electrons. The molecule has 0 amide bonds. The number of ether oxygens (including phenoxy) is 2. The molecule has 0 bridgehead atoms. The fourth-order valence-electron chi connectivity index (χ4n) is 3.74. The molecule has 2 aromatic carbocycles. The maximum Gasteiger partial charge on any atom is 0.258 e. The summed E-state index contributed by atoms with van der Waals surface area (Å²) in [5.74, 6) is 2.27. The zero-order valence-electron chi connectivity index (χ0n) is 15.5. The predicted octanol–water partition coefficient (Wildman–Crippen LogP) is 4.56. The minimum absolute atomic E-state index is 0.117. The highest BCUT2D eigenvalue weighted by atomic mass is 16.5. The van der Waals surface area contributed by atoms with E-state index in [1.807, 2.05) is 36.4 Å². The van der Waals surface area contributed by atoms with Crippen LogP contribution in [0.1, 0.15) is 49.4 Å². The summed E-state index contributed by atoms with van der Waals surface area (Å²) in [4.78, 5) is 20.4. The van der Waals surface area contributed by atoms with Gasteiger partial charge in [-0.3, -0.25) is 4.79 Å². The van der Waals surface area contributed by atoms with Crippen LogP contribution in [0.3, 0.4) is 0 Å². The molecule has 1 heterocycles. The Hall–Kier alpha value is -2.82. The first kappa shape index (κ1) is 17.6. The number of H-pyrrole nitrogens is 1. The molecule has 1 aromatic heterocycles. The molecule has 1 N–H and O–H groups in total. The van der Waals surface area contributed by atoms with E-state index in [9.17, 15) is 4.79 Å². The SMILES string of the molecule is COc1cc2c(=O)[nH]c(C3CCCCC3)nc2cc1OCc1ccccc1. The topological polar surface area (TPSA) is 64.2 Å². The number of aromatic nitrogens is 2. The van der Waals surface area contributed by atoms with Crippen LogP contribution >= 0.6 is 0 Å². The number of rotatable bonds is 5. The molecule has 4 rings (SSSR count). The van der Waals surface area contributed by atoms with E-state index >= 15 is 0 Å². The minimum Gasteiger partial charge on any atom is -0.493 e. The molecule has 0 unspecified atom stereocenters. The van der Waals surface area contributed by atoms with Crippen molar-refractivity contribution in [2.24, 2.45) is 0 Å². The van der Waals surface area contributed by atoms with Gasteiger partial charge in [0.2, 0.25) is 0 Å². The zero-order valence-corrected chi connectivity index (χ0v) is 15.5. The Labute approximate surface area is 158 Å². The number of hydrogen-bond donors (Lipinski definition) is 1. The number of benzene rings is 2. The van der Waals surface area contributed by atoms with Gasteiger partial charge >= 0.3 is 0 Å². The maximum absolute atomic E-state index is 12.6. The van der Waals surface area contributed by atoms with Gasteiger partial charge in [-0.2, -0.15) is 0 Å². The zero-order chi connectivity index (χ0) is 18.6. The first-order valence-corrected chi connectivity index (χ1v) is 9.53. The molecule has 1 saturated carbocycles. The summed E-state index contributed by atoms with van der Waals surface area (Å²) in [5.41, 5.74) is 1.61. The maximum atomic E-state index is 12.6. The highest BCUT2D eigenvalue weighted by Crippen LogP contribution is 2.33. The van der Waals surface area contributed by atoms with Crippen molar-refractivity contribution in [2.75, 3.05) is 7.11 Å². The number of fused-ring (bicyclic) bond motifs is 1. The molecular weight excluding hydrogens is 340 g/mol. The Morgan fingerprint density at radius 2 is 1.85 bits per heavy atom. The lowest BCUT2D eigenvalue weighted by atomic mass is 9.88. The van der Waals surface area contributed by atoms with Crippen molar-refractivity contribution in [2.45, 2.75) is 44.6 Å². The lowest BCUT2D eigenvalue weighted by Gasteiger charge is -2.21. The van der Waals surface area contributed by atoms with E-state index in [0.29, 0.717) is 34.9 Å². The molecule has 0 saturated heterocycles. The van der Waals surface area contributed by atoms with Crippen LogP contribution in [-0.4, -0.2) is 17.1 Å². The van der Waals surface area contributed by atoms with Gasteiger partial charge in [0, 0.05) is 12.0 Å². The van der Waals surface area contributed by atoms with Crippen molar-refractivity contribution < 1.29 is 9.47 Å². The third-order valence-corrected chi connectivity index (χ3v) is 5.24. The number of hydrogen-bond acceptors (Lipinski definition) is 4. The van der Waals surface area contributed by atoms with Gasteiger partial charge in [0.15, 0.2) is 11.5 Å². The van der Waals surface area contributed by atoms with Crippen LogP contribution in [0.15, 0.2) is 47.3 Å². The normalized spacial score (nSPS) is 15.0. The number of nitrogens with one attached hydrogen (secondary N) is 1. The lowest BCUT2D eigenvalue weighted by Crippen LogP contribution is -2.17. The average Bonchev–Trinajstić information content (AvgIpc) is 2.73. The molecule has 5 heteroatoms. The van der Waals surface area contributed by atoms with Crippen LogP contribution in [0.4, 0.5) is 0 Å². The molecule has 27 heavy (non-hydrogen) atoms. The molecular formula is C22H24N2O3. The summed E-state index contributed by atoms with van der Waals surface area (Å²) in [6.07, 6.45) is 5.83. The van der Waals surface area contributed by atoms with Gasteiger partial charge in [0.1, 0.15) is 12.4 Å². The number of aromatic amines is 1. The summed E-state index contributed by atoms with van der Waals surface area (Å²) in [7, 11) is 1.58. The third kappa shape index (κ3) is 3.82. The summed E-state index contributed by atoms with van der Waals surface area (Å²) >= 11 is 0. The molecule has 1 aliphatic carbocycles. The Morgan fingerprint density at radius 3 is 2.59 bits per heavy atom. The second kappa shape index (κ2) is 7.82. The van der Waals surface area contributed by atoms with Gasteiger partial charge in [-0.15, -0.1) is 0 Å². The number of methoxy groups -OCH3 is 1. The first-order valence-electron chi connectivity index (χ1n) is 9.53. The minimum atomic E-state index is -0.117. The van der Waals surface area contributed by atoms with Crippen molar-refractivity contribution in [1.29, 1.82) is 0 Å².